The van der Waals surface area contributed by atoms with Crippen LogP contribution in [0.5, 0.6) is 0 Å². The number of carbonyl (C=O) groups is 1. The second kappa shape index (κ2) is 4.61. The topological polar surface area (TPSA) is 20.3 Å². The van der Waals surface area contributed by atoms with E-state index in [-0.39, 0.29) is 0 Å². The van der Waals surface area contributed by atoms with Crippen LogP contribution in [0.25, 0.3) is 0 Å². The Morgan fingerprint density at radius 2 is 1.82 bits per heavy atom. The van der Waals surface area contributed by atoms with Gasteiger partial charge >= 0.3 is 0 Å². The van der Waals surface area contributed by atoms with E-state index < -0.39 is 0 Å². The minimum atomic E-state index is 0.436. The lowest BCUT2D eigenvalue weighted by Crippen LogP contribution is -2.38. The van der Waals surface area contributed by atoms with Gasteiger partial charge in [-0.05, 0) is 30.4 Å². The van der Waals surface area contributed by atoms with Crippen LogP contribution in [-0.4, -0.2) is 23.8 Å². The van der Waals surface area contributed by atoms with E-state index in [0.29, 0.717) is 11.8 Å². The zero-order valence-corrected chi connectivity index (χ0v) is 10.2. The highest BCUT2D eigenvalue weighted by molar-refractivity contribution is 5.79. The number of carbonyl (C=O) groups excluding carboxylic acids is 1. The van der Waals surface area contributed by atoms with Crippen LogP contribution < -0.4 is 0 Å². The van der Waals surface area contributed by atoms with Crippen LogP contribution in [0.1, 0.15) is 42.9 Å². The lowest BCUT2D eigenvalue weighted by Gasteiger charge is -2.37. The molecule has 0 unspecified atom stereocenters. The van der Waals surface area contributed by atoms with Crippen molar-refractivity contribution in [3.63, 3.8) is 0 Å². The first-order valence-electron chi connectivity index (χ1n) is 6.68. The molecule has 0 bridgehead atoms. The highest BCUT2D eigenvalue weighted by Crippen LogP contribution is 2.35. The Morgan fingerprint density at radius 1 is 1.06 bits per heavy atom. The van der Waals surface area contributed by atoms with Gasteiger partial charge in [0.2, 0.25) is 0 Å². The maximum Gasteiger partial charge on any atom is 0.135 e. The molecule has 1 saturated heterocycles. The van der Waals surface area contributed by atoms with Crippen molar-refractivity contribution in [1.82, 2.24) is 4.90 Å². The molecule has 90 valence electrons. The van der Waals surface area contributed by atoms with Crippen molar-refractivity contribution in [2.75, 3.05) is 13.1 Å². The van der Waals surface area contributed by atoms with Crippen LogP contribution in [0.4, 0.5) is 0 Å². The van der Waals surface area contributed by atoms with Crippen LogP contribution in [0.15, 0.2) is 24.3 Å². The SMILES string of the molecule is O=C1CCN([C@H]2CCCc3ccccc32)CC1. The smallest absolute Gasteiger partial charge is 0.135 e. The van der Waals surface area contributed by atoms with Gasteiger partial charge in [0.1, 0.15) is 5.78 Å². The first-order valence-corrected chi connectivity index (χ1v) is 6.68. The zero-order chi connectivity index (χ0) is 11.7. The van der Waals surface area contributed by atoms with Gasteiger partial charge in [-0.1, -0.05) is 24.3 Å². The number of fused-ring (bicyclic) bond motifs is 1. The van der Waals surface area contributed by atoms with Gasteiger partial charge < -0.3 is 0 Å². The summed E-state index contributed by atoms with van der Waals surface area (Å²) in [4.78, 5) is 13.8. The van der Waals surface area contributed by atoms with Crippen molar-refractivity contribution in [2.24, 2.45) is 0 Å². The molecular weight excluding hydrogens is 210 g/mol. The van der Waals surface area contributed by atoms with Crippen LogP contribution in [0.2, 0.25) is 0 Å². The van der Waals surface area contributed by atoms with Crippen LogP contribution in [0, 0.1) is 0 Å². The predicted molar refractivity (Wildman–Crippen MR) is 67.9 cm³/mol. The van der Waals surface area contributed by atoms with Crippen molar-refractivity contribution in [1.29, 1.82) is 0 Å². The monoisotopic (exact) mass is 229 g/mol. The largest absolute Gasteiger partial charge is 0.300 e. The summed E-state index contributed by atoms with van der Waals surface area (Å²) in [6.45, 7) is 1.91. The molecule has 1 aromatic rings. The van der Waals surface area contributed by atoms with Gasteiger partial charge in [0, 0.05) is 32.0 Å². The van der Waals surface area contributed by atoms with E-state index in [4.69, 9.17) is 0 Å². The predicted octanol–water partition coefficient (Wildman–Crippen LogP) is 2.73. The number of hydrogen-bond donors (Lipinski definition) is 0. The fourth-order valence-electron chi connectivity index (χ4n) is 3.19. The molecule has 17 heavy (non-hydrogen) atoms. The molecule has 2 aliphatic rings. The van der Waals surface area contributed by atoms with E-state index in [0.717, 1.165) is 25.9 Å². The summed E-state index contributed by atoms with van der Waals surface area (Å²) in [6.07, 6.45) is 5.26. The summed E-state index contributed by atoms with van der Waals surface area (Å²) in [7, 11) is 0. The molecule has 0 N–H and O–H groups in total. The summed E-state index contributed by atoms with van der Waals surface area (Å²) in [5, 5.41) is 0. The minimum absolute atomic E-state index is 0.436. The molecule has 0 spiro atoms. The van der Waals surface area contributed by atoms with Crippen molar-refractivity contribution in [2.45, 2.75) is 38.1 Å². The highest BCUT2D eigenvalue weighted by atomic mass is 16.1. The molecule has 3 rings (SSSR count). The minimum Gasteiger partial charge on any atom is -0.300 e. The number of Topliss-reactive ketones (excluding diaryl/α,β-unsaturated/α-hetero) is 1. The van der Waals surface area contributed by atoms with Crippen LogP contribution in [0.3, 0.4) is 0 Å². The standard InChI is InChI=1S/C15H19NO/c17-13-8-10-16(11-9-13)15-7-3-5-12-4-1-2-6-14(12)15/h1-2,4,6,15H,3,5,7-11H2/t15-/m0/s1. The van der Waals surface area contributed by atoms with Crippen molar-refractivity contribution < 1.29 is 4.79 Å². The summed E-state index contributed by atoms with van der Waals surface area (Å²) in [6, 6.07) is 9.38. The van der Waals surface area contributed by atoms with Crippen molar-refractivity contribution >= 4 is 5.78 Å². The first-order chi connectivity index (χ1) is 8.34. The second-order valence-corrected chi connectivity index (χ2v) is 5.18. The van der Waals surface area contributed by atoms with E-state index in [1.54, 1.807) is 0 Å². The number of likely N-dealkylation sites (tertiary alicyclic amines) is 1. The van der Waals surface area contributed by atoms with Crippen molar-refractivity contribution in [3.05, 3.63) is 35.4 Å². The molecular formula is C15H19NO. The van der Waals surface area contributed by atoms with Gasteiger partial charge in [0.25, 0.3) is 0 Å². The Labute approximate surface area is 103 Å². The first kappa shape index (κ1) is 11.0. The van der Waals surface area contributed by atoms with Gasteiger partial charge in [-0.2, -0.15) is 0 Å². The third-order valence-corrected chi connectivity index (χ3v) is 4.13. The number of piperidine rings is 1. The zero-order valence-electron chi connectivity index (χ0n) is 10.2. The van der Waals surface area contributed by atoms with E-state index >= 15 is 0 Å². The summed E-state index contributed by atoms with van der Waals surface area (Å²) < 4.78 is 0. The molecule has 0 radical (unpaired) electrons. The molecule has 1 atom stereocenters. The van der Waals surface area contributed by atoms with Crippen LogP contribution >= 0.6 is 0 Å². The summed E-state index contributed by atoms with van der Waals surface area (Å²) in [5.41, 5.74) is 3.02. The molecule has 2 nitrogen and oxygen atoms in total. The highest BCUT2D eigenvalue weighted by Gasteiger charge is 2.28. The Morgan fingerprint density at radius 3 is 2.65 bits per heavy atom. The van der Waals surface area contributed by atoms with E-state index in [1.165, 1.54) is 30.4 Å². The van der Waals surface area contributed by atoms with Gasteiger partial charge in [-0.15, -0.1) is 0 Å². The molecule has 1 aromatic carbocycles. The Balaban J connectivity index is 1.83. The molecule has 0 amide bonds. The quantitative estimate of drug-likeness (QED) is 0.738. The number of ketones is 1. The third-order valence-electron chi connectivity index (χ3n) is 4.13. The van der Waals surface area contributed by atoms with E-state index in [2.05, 4.69) is 29.2 Å². The Hall–Kier alpha value is -1.15. The molecule has 0 saturated carbocycles. The van der Waals surface area contributed by atoms with Gasteiger partial charge in [-0.25, -0.2) is 0 Å². The molecule has 2 heteroatoms. The third kappa shape index (κ3) is 2.14. The number of rotatable bonds is 1. The Kier molecular flexibility index (Phi) is 2.98. The molecule has 1 heterocycles. The lowest BCUT2D eigenvalue weighted by atomic mass is 9.86. The van der Waals surface area contributed by atoms with Gasteiger partial charge in [0.15, 0.2) is 0 Å². The van der Waals surface area contributed by atoms with Crippen molar-refractivity contribution in [3.8, 4) is 0 Å². The number of benzene rings is 1. The number of hydrogen-bond acceptors (Lipinski definition) is 2. The molecule has 1 aliphatic heterocycles. The van der Waals surface area contributed by atoms with E-state index in [9.17, 15) is 4.79 Å². The molecule has 0 aromatic heterocycles. The molecule has 1 aliphatic carbocycles. The fraction of sp³-hybridized carbons (Fsp3) is 0.533. The average Bonchev–Trinajstić information content (AvgIpc) is 2.39. The normalized spacial score (nSPS) is 25.6. The van der Waals surface area contributed by atoms with Crippen LogP contribution in [-0.2, 0) is 11.2 Å². The summed E-state index contributed by atoms with van der Waals surface area (Å²) >= 11 is 0. The fourth-order valence-corrected chi connectivity index (χ4v) is 3.19. The lowest BCUT2D eigenvalue weighted by molar-refractivity contribution is -0.122. The van der Waals surface area contributed by atoms with E-state index in [1.807, 2.05) is 0 Å². The average molecular weight is 229 g/mol. The number of aryl methyl sites for hydroxylation is 1. The number of nitrogens with zero attached hydrogens (tertiary/aromatic N) is 1. The maximum atomic E-state index is 11.3. The summed E-state index contributed by atoms with van der Waals surface area (Å²) in [5.74, 6) is 0.436. The maximum absolute atomic E-state index is 11.3. The second-order valence-electron chi connectivity index (χ2n) is 5.18. The van der Waals surface area contributed by atoms with Gasteiger partial charge in [0.05, 0.1) is 0 Å². The molecule has 1 fully saturated rings. The Bertz CT molecular complexity index is 417. The van der Waals surface area contributed by atoms with Gasteiger partial charge in [-0.3, -0.25) is 9.69 Å².